The smallest absolute Gasteiger partial charge is 0.267 e. The first-order valence-corrected chi connectivity index (χ1v) is 11.7. The Bertz CT molecular complexity index is 1120. The van der Waals surface area contributed by atoms with E-state index in [1.807, 2.05) is 38.1 Å². The quantitative estimate of drug-likeness (QED) is 0.511. The molecule has 1 aromatic heterocycles. The molecule has 0 saturated carbocycles. The van der Waals surface area contributed by atoms with Crippen molar-refractivity contribution in [1.29, 1.82) is 0 Å². The van der Waals surface area contributed by atoms with Crippen molar-refractivity contribution in [2.45, 2.75) is 36.2 Å². The SMILES string of the molecule is CCn1c(NS(=O)(=O)c2cc(C)ccc2OC)nnc1SCc1ccccc1Cl. The summed E-state index contributed by atoms with van der Waals surface area (Å²) >= 11 is 7.64. The lowest BCUT2D eigenvalue weighted by atomic mass is 10.2. The molecule has 0 unspecified atom stereocenters. The fourth-order valence-corrected chi connectivity index (χ4v) is 5.23. The van der Waals surface area contributed by atoms with Crippen molar-refractivity contribution in [2.75, 3.05) is 11.8 Å². The number of nitrogens with zero attached hydrogens (tertiary/aromatic N) is 3. The van der Waals surface area contributed by atoms with Gasteiger partial charge in [0.25, 0.3) is 10.0 Å². The highest BCUT2D eigenvalue weighted by atomic mass is 35.5. The maximum absolute atomic E-state index is 12.9. The molecule has 0 aliphatic rings. The summed E-state index contributed by atoms with van der Waals surface area (Å²) in [6.45, 7) is 4.21. The van der Waals surface area contributed by atoms with E-state index >= 15 is 0 Å². The summed E-state index contributed by atoms with van der Waals surface area (Å²) in [4.78, 5) is 0.0518. The zero-order chi connectivity index (χ0) is 21.0. The van der Waals surface area contributed by atoms with Crippen LogP contribution in [0.15, 0.2) is 52.5 Å². The summed E-state index contributed by atoms with van der Waals surface area (Å²) in [5.74, 6) is 1.01. The molecular weight excluding hydrogens is 432 g/mol. The Kier molecular flexibility index (Phi) is 6.71. The van der Waals surface area contributed by atoms with Crippen molar-refractivity contribution in [3.63, 3.8) is 0 Å². The van der Waals surface area contributed by atoms with E-state index in [4.69, 9.17) is 16.3 Å². The number of methoxy groups -OCH3 is 1. The summed E-state index contributed by atoms with van der Waals surface area (Å²) in [7, 11) is -2.47. The largest absolute Gasteiger partial charge is 0.495 e. The normalized spacial score (nSPS) is 11.4. The molecule has 0 atom stereocenters. The van der Waals surface area contributed by atoms with Crippen LogP contribution < -0.4 is 9.46 Å². The predicted octanol–water partition coefficient (Wildman–Crippen LogP) is 4.36. The molecule has 0 saturated heterocycles. The first-order chi connectivity index (χ1) is 13.9. The Morgan fingerprint density at radius 1 is 1.21 bits per heavy atom. The van der Waals surface area contributed by atoms with Gasteiger partial charge in [0.2, 0.25) is 5.95 Å². The maximum Gasteiger partial charge on any atom is 0.267 e. The third kappa shape index (κ3) is 4.85. The highest BCUT2D eigenvalue weighted by Crippen LogP contribution is 2.29. The lowest BCUT2D eigenvalue weighted by Gasteiger charge is -2.13. The molecule has 3 rings (SSSR count). The Balaban J connectivity index is 1.85. The van der Waals surface area contributed by atoms with E-state index in [2.05, 4.69) is 14.9 Å². The number of sulfonamides is 1. The lowest BCUT2D eigenvalue weighted by molar-refractivity contribution is 0.402. The van der Waals surface area contributed by atoms with Gasteiger partial charge in [-0.15, -0.1) is 10.2 Å². The number of rotatable bonds is 8. The van der Waals surface area contributed by atoms with Crippen LogP contribution in [0.1, 0.15) is 18.1 Å². The minimum absolute atomic E-state index is 0.0518. The molecule has 2 aromatic carbocycles. The van der Waals surface area contributed by atoms with Crippen LogP contribution in [0, 0.1) is 6.92 Å². The Morgan fingerprint density at radius 2 is 1.97 bits per heavy atom. The molecule has 0 bridgehead atoms. The van der Waals surface area contributed by atoms with Gasteiger partial charge in [0.1, 0.15) is 10.6 Å². The molecular formula is C19H21ClN4O3S2. The van der Waals surface area contributed by atoms with E-state index in [0.29, 0.717) is 22.5 Å². The van der Waals surface area contributed by atoms with E-state index in [9.17, 15) is 8.42 Å². The van der Waals surface area contributed by atoms with E-state index in [0.717, 1.165) is 11.1 Å². The molecule has 0 aliphatic carbocycles. The Hall–Kier alpha value is -2.23. The zero-order valence-corrected chi connectivity index (χ0v) is 18.6. The number of nitrogens with one attached hydrogen (secondary N) is 1. The number of hydrogen-bond donors (Lipinski definition) is 1. The summed E-state index contributed by atoms with van der Waals surface area (Å²) in [6, 6.07) is 12.5. The maximum atomic E-state index is 12.9. The Morgan fingerprint density at radius 3 is 2.66 bits per heavy atom. The van der Waals surface area contributed by atoms with Crippen LogP contribution >= 0.6 is 23.4 Å². The summed E-state index contributed by atoms with van der Waals surface area (Å²) in [5.41, 5.74) is 1.77. The topological polar surface area (TPSA) is 86.1 Å². The van der Waals surface area contributed by atoms with Crippen molar-refractivity contribution >= 4 is 39.3 Å². The van der Waals surface area contributed by atoms with Crippen LogP contribution in [0.4, 0.5) is 5.95 Å². The molecule has 0 spiro atoms. The molecule has 10 heteroatoms. The van der Waals surface area contributed by atoms with Crippen molar-refractivity contribution in [1.82, 2.24) is 14.8 Å². The van der Waals surface area contributed by atoms with Gasteiger partial charge in [-0.1, -0.05) is 47.6 Å². The van der Waals surface area contributed by atoms with E-state index in [-0.39, 0.29) is 16.6 Å². The number of anilines is 1. The first-order valence-electron chi connectivity index (χ1n) is 8.82. The third-order valence-corrected chi connectivity index (χ3v) is 6.92. The number of hydrogen-bond acceptors (Lipinski definition) is 6. The molecule has 1 heterocycles. The van der Waals surface area contributed by atoms with Crippen molar-refractivity contribution in [2.24, 2.45) is 0 Å². The van der Waals surface area contributed by atoms with Crippen molar-refractivity contribution < 1.29 is 13.2 Å². The van der Waals surface area contributed by atoms with Gasteiger partial charge < -0.3 is 4.74 Å². The fraction of sp³-hybridized carbons (Fsp3) is 0.263. The predicted molar refractivity (Wildman–Crippen MR) is 115 cm³/mol. The highest BCUT2D eigenvalue weighted by Gasteiger charge is 2.23. The van der Waals surface area contributed by atoms with Crippen LogP contribution in [0.3, 0.4) is 0 Å². The van der Waals surface area contributed by atoms with Crippen LogP contribution in [0.25, 0.3) is 0 Å². The molecule has 0 aliphatic heterocycles. The standard InChI is InChI=1S/C19H21ClN4O3S2/c1-4-24-18(21-22-19(24)28-12-14-7-5-6-8-15(14)20)23-29(25,26)17-11-13(2)9-10-16(17)27-3/h5-11H,4,12H2,1-3H3,(H,21,23). The number of aromatic nitrogens is 3. The second-order valence-corrected chi connectivity index (χ2v) is 9.19. The molecule has 0 radical (unpaired) electrons. The molecule has 3 aromatic rings. The monoisotopic (exact) mass is 452 g/mol. The van der Waals surface area contributed by atoms with Crippen molar-refractivity contribution in [3.8, 4) is 5.75 Å². The van der Waals surface area contributed by atoms with Gasteiger partial charge in [-0.2, -0.15) is 0 Å². The fourth-order valence-electron chi connectivity index (χ4n) is 2.68. The van der Waals surface area contributed by atoms with Gasteiger partial charge >= 0.3 is 0 Å². The zero-order valence-electron chi connectivity index (χ0n) is 16.2. The van der Waals surface area contributed by atoms with Gasteiger partial charge in [-0.05, 0) is 43.2 Å². The Labute approximate surface area is 179 Å². The minimum atomic E-state index is -3.90. The van der Waals surface area contributed by atoms with Gasteiger partial charge in [0.15, 0.2) is 5.16 Å². The van der Waals surface area contributed by atoms with Crippen molar-refractivity contribution in [3.05, 3.63) is 58.6 Å². The van der Waals surface area contributed by atoms with Crippen LogP contribution in [0.5, 0.6) is 5.75 Å². The number of benzene rings is 2. The van der Waals surface area contributed by atoms with Gasteiger partial charge in [-0.25, -0.2) is 13.1 Å². The minimum Gasteiger partial charge on any atom is -0.495 e. The first kappa shape index (κ1) is 21.5. The molecule has 0 fully saturated rings. The third-order valence-electron chi connectivity index (χ3n) is 4.18. The highest BCUT2D eigenvalue weighted by molar-refractivity contribution is 7.98. The van der Waals surface area contributed by atoms with Crippen LogP contribution in [-0.4, -0.2) is 30.3 Å². The summed E-state index contributed by atoms with van der Waals surface area (Å²) in [5, 5.41) is 9.46. The number of aryl methyl sites for hydroxylation is 1. The molecule has 7 nitrogen and oxygen atoms in total. The molecule has 0 amide bonds. The van der Waals surface area contributed by atoms with Gasteiger partial charge in [0.05, 0.1) is 7.11 Å². The van der Waals surface area contributed by atoms with Crippen LogP contribution in [-0.2, 0) is 22.3 Å². The molecule has 29 heavy (non-hydrogen) atoms. The van der Waals surface area contributed by atoms with Gasteiger partial charge in [0, 0.05) is 17.3 Å². The van der Waals surface area contributed by atoms with E-state index in [1.165, 1.54) is 18.9 Å². The average molecular weight is 453 g/mol. The van der Waals surface area contributed by atoms with Gasteiger partial charge in [-0.3, -0.25) is 4.57 Å². The van der Waals surface area contributed by atoms with E-state index in [1.54, 1.807) is 22.8 Å². The van der Waals surface area contributed by atoms with Crippen LogP contribution in [0.2, 0.25) is 5.02 Å². The second kappa shape index (κ2) is 9.06. The molecule has 1 N–H and O–H groups in total. The lowest BCUT2D eigenvalue weighted by Crippen LogP contribution is -2.17. The summed E-state index contributed by atoms with van der Waals surface area (Å²) in [6.07, 6.45) is 0. The molecule has 154 valence electrons. The number of halogens is 1. The van der Waals surface area contributed by atoms with E-state index < -0.39 is 10.0 Å². The number of thioether (sulfide) groups is 1. The summed E-state index contributed by atoms with van der Waals surface area (Å²) < 4.78 is 35.3. The average Bonchev–Trinajstić information content (AvgIpc) is 3.08. The number of ether oxygens (including phenoxy) is 1. The second-order valence-electron chi connectivity index (χ2n) is 6.19.